The average molecular weight is 497 g/mol. The lowest BCUT2D eigenvalue weighted by Gasteiger charge is -2.25. The van der Waals surface area contributed by atoms with Crippen LogP contribution in [0.25, 0.3) is 10.9 Å². The molecule has 3 aromatic rings. The predicted molar refractivity (Wildman–Crippen MR) is 135 cm³/mol. The fraction of sp³-hybridized carbons (Fsp3) is 0.385. The van der Waals surface area contributed by atoms with Crippen molar-refractivity contribution in [1.82, 2.24) is 19.5 Å². The summed E-state index contributed by atoms with van der Waals surface area (Å²) in [6.45, 7) is 1.59. The Morgan fingerprint density at radius 3 is 2.54 bits per heavy atom. The Balaban J connectivity index is 1.37. The number of sulfonamides is 1. The minimum Gasteiger partial charge on any atom is -0.361 e. The molecule has 2 heterocycles. The Bertz CT molecular complexity index is 1260. The summed E-state index contributed by atoms with van der Waals surface area (Å²) in [5, 5.41) is 4.00. The number of aryl methyl sites for hydroxylation is 1. The van der Waals surface area contributed by atoms with Crippen molar-refractivity contribution in [1.29, 1.82) is 0 Å². The molecule has 186 valence electrons. The Labute approximate surface area is 206 Å². The van der Waals surface area contributed by atoms with Crippen LogP contribution in [0, 0.1) is 0 Å². The van der Waals surface area contributed by atoms with Crippen LogP contribution < -0.4 is 5.32 Å². The minimum atomic E-state index is -3.71. The van der Waals surface area contributed by atoms with E-state index in [1.807, 2.05) is 24.4 Å². The van der Waals surface area contributed by atoms with E-state index >= 15 is 0 Å². The van der Waals surface area contributed by atoms with E-state index in [4.69, 9.17) is 0 Å². The molecule has 2 aromatic carbocycles. The highest BCUT2D eigenvalue weighted by Gasteiger charge is 2.26. The fourth-order valence-corrected chi connectivity index (χ4v) is 5.96. The molecule has 0 unspecified atom stereocenters. The van der Waals surface area contributed by atoms with Crippen molar-refractivity contribution in [3.05, 3.63) is 66.4 Å². The molecule has 1 fully saturated rings. The second-order valence-corrected chi connectivity index (χ2v) is 10.7. The van der Waals surface area contributed by atoms with Gasteiger partial charge in [0.05, 0.1) is 4.90 Å². The first kappa shape index (κ1) is 24.9. The number of aromatic amines is 1. The Morgan fingerprint density at radius 2 is 1.71 bits per heavy atom. The molecule has 2 amide bonds. The highest BCUT2D eigenvalue weighted by molar-refractivity contribution is 7.89. The van der Waals surface area contributed by atoms with E-state index in [9.17, 15) is 18.0 Å². The molecule has 1 aromatic heterocycles. The molecule has 8 nitrogen and oxygen atoms in total. The first-order valence-corrected chi connectivity index (χ1v) is 13.5. The van der Waals surface area contributed by atoms with Gasteiger partial charge in [-0.05, 0) is 43.0 Å². The smallest absolute Gasteiger partial charge is 0.243 e. The Kier molecular flexibility index (Phi) is 8.20. The zero-order chi connectivity index (χ0) is 24.7. The number of nitrogens with one attached hydrogen (secondary N) is 2. The Hall–Kier alpha value is -3.17. The van der Waals surface area contributed by atoms with Gasteiger partial charge in [0.25, 0.3) is 0 Å². The molecule has 35 heavy (non-hydrogen) atoms. The minimum absolute atomic E-state index is 0.0239. The summed E-state index contributed by atoms with van der Waals surface area (Å²) in [6.07, 6.45) is 4.51. The summed E-state index contributed by atoms with van der Waals surface area (Å²) < 4.78 is 27.6. The maximum atomic E-state index is 13.1. The van der Waals surface area contributed by atoms with E-state index < -0.39 is 10.0 Å². The summed E-state index contributed by atoms with van der Waals surface area (Å²) in [4.78, 5) is 30.5. The normalized spacial score (nSPS) is 16.6. The maximum Gasteiger partial charge on any atom is 0.243 e. The summed E-state index contributed by atoms with van der Waals surface area (Å²) in [5.74, 6) is -0.192. The molecule has 0 radical (unpaired) electrons. The second-order valence-electron chi connectivity index (χ2n) is 8.76. The number of carbonyl (C=O) groups is 2. The van der Waals surface area contributed by atoms with Gasteiger partial charge in [0.15, 0.2) is 0 Å². The molecule has 9 heteroatoms. The Morgan fingerprint density at radius 1 is 0.943 bits per heavy atom. The maximum absolute atomic E-state index is 13.1. The van der Waals surface area contributed by atoms with Crippen LogP contribution >= 0.6 is 0 Å². The highest BCUT2D eigenvalue weighted by atomic mass is 32.2. The third-order valence-corrected chi connectivity index (χ3v) is 8.29. The number of nitrogens with zero attached hydrogens (tertiary/aromatic N) is 2. The van der Waals surface area contributed by atoms with Crippen molar-refractivity contribution in [3.8, 4) is 0 Å². The zero-order valence-electron chi connectivity index (χ0n) is 19.8. The molecule has 0 aliphatic carbocycles. The van der Waals surface area contributed by atoms with Gasteiger partial charge in [-0.3, -0.25) is 9.59 Å². The quantitative estimate of drug-likeness (QED) is 0.548. The number of H-pyrrole nitrogens is 1. The highest BCUT2D eigenvalue weighted by Crippen LogP contribution is 2.20. The third-order valence-electron chi connectivity index (χ3n) is 6.37. The van der Waals surface area contributed by atoms with Gasteiger partial charge < -0.3 is 15.2 Å². The van der Waals surface area contributed by atoms with Crippen LogP contribution in [0.3, 0.4) is 0 Å². The van der Waals surface area contributed by atoms with Crippen molar-refractivity contribution in [2.45, 2.75) is 37.0 Å². The van der Waals surface area contributed by atoms with E-state index in [2.05, 4.69) is 16.4 Å². The zero-order valence-corrected chi connectivity index (χ0v) is 20.6. The molecular weight excluding hydrogens is 464 g/mol. The molecule has 1 aliphatic rings. The molecule has 0 bridgehead atoms. The second kappa shape index (κ2) is 11.5. The van der Waals surface area contributed by atoms with Crippen LogP contribution in [-0.2, 0) is 26.0 Å². The number of hydrogen-bond acceptors (Lipinski definition) is 4. The van der Waals surface area contributed by atoms with Gasteiger partial charge in [-0.15, -0.1) is 0 Å². The summed E-state index contributed by atoms with van der Waals surface area (Å²) in [5.41, 5.74) is 2.28. The standard InChI is InChI=1S/C26H32N4O4S/c31-25-14-18-30(35(33,34)22-9-2-1-3-10-22)17-7-16-29(19-15-27-25)26(32)13-6-8-21-20-28-24-12-5-4-11-23(21)24/h1-5,9-12,20,28H,6-8,13-19H2,(H,27,31). The van der Waals surface area contributed by atoms with Gasteiger partial charge in [0.2, 0.25) is 21.8 Å². The van der Waals surface area contributed by atoms with E-state index in [0.717, 1.165) is 18.4 Å². The topological polar surface area (TPSA) is 103 Å². The molecular formula is C26H32N4O4S. The van der Waals surface area contributed by atoms with E-state index in [-0.39, 0.29) is 36.2 Å². The van der Waals surface area contributed by atoms with Crippen molar-refractivity contribution in [2.75, 3.05) is 32.7 Å². The molecule has 0 atom stereocenters. The van der Waals surface area contributed by atoms with Gasteiger partial charge in [-0.2, -0.15) is 4.31 Å². The van der Waals surface area contributed by atoms with E-state index in [0.29, 0.717) is 32.5 Å². The number of hydrogen-bond donors (Lipinski definition) is 2. The molecule has 0 spiro atoms. The van der Waals surface area contributed by atoms with Gasteiger partial charge in [0, 0.05) is 62.7 Å². The average Bonchev–Trinajstić information content (AvgIpc) is 3.26. The van der Waals surface area contributed by atoms with Crippen molar-refractivity contribution in [3.63, 3.8) is 0 Å². The predicted octanol–water partition coefficient (Wildman–Crippen LogP) is 2.92. The van der Waals surface area contributed by atoms with Gasteiger partial charge in [-0.1, -0.05) is 36.4 Å². The van der Waals surface area contributed by atoms with Crippen LogP contribution in [0.5, 0.6) is 0 Å². The lowest BCUT2D eigenvalue weighted by molar-refractivity contribution is -0.131. The van der Waals surface area contributed by atoms with Crippen LogP contribution in [0.15, 0.2) is 65.7 Å². The van der Waals surface area contributed by atoms with Crippen LogP contribution in [-0.4, -0.2) is 67.1 Å². The van der Waals surface area contributed by atoms with E-state index in [1.54, 1.807) is 35.2 Å². The lowest BCUT2D eigenvalue weighted by Crippen LogP contribution is -2.39. The molecule has 2 N–H and O–H groups in total. The summed E-state index contributed by atoms with van der Waals surface area (Å²) in [6, 6.07) is 16.4. The SMILES string of the molecule is O=C1CCN(S(=O)(=O)c2ccccc2)CCCN(C(=O)CCCc2c[nH]c3ccccc23)CCN1. The number of fused-ring (bicyclic) bond motifs is 1. The van der Waals surface area contributed by atoms with Crippen molar-refractivity contribution in [2.24, 2.45) is 0 Å². The number of aromatic nitrogens is 1. The van der Waals surface area contributed by atoms with Gasteiger partial charge in [0.1, 0.15) is 0 Å². The number of amides is 2. The largest absolute Gasteiger partial charge is 0.361 e. The van der Waals surface area contributed by atoms with Crippen molar-refractivity contribution >= 4 is 32.7 Å². The number of para-hydroxylation sites is 1. The molecule has 4 rings (SSSR count). The van der Waals surface area contributed by atoms with Gasteiger partial charge >= 0.3 is 0 Å². The lowest BCUT2D eigenvalue weighted by atomic mass is 10.1. The molecule has 1 aliphatic heterocycles. The molecule has 1 saturated heterocycles. The van der Waals surface area contributed by atoms with Crippen LogP contribution in [0.2, 0.25) is 0 Å². The number of rotatable bonds is 6. The van der Waals surface area contributed by atoms with Crippen LogP contribution in [0.1, 0.15) is 31.2 Å². The fourth-order valence-electron chi connectivity index (χ4n) is 4.46. The summed E-state index contributed by atoms with van der Waals surface area (Å²) >= 11 is 0. The van der Waals surface area contributed by atoms with E-state index in [1.165, 1.54) is 15.3 Å². The first-order chi connectivity index (χ1) is 16.9. The number of carbonyl (C=O) groups excluding carboxylic acids is 2. The van der Waals surface area contributed by atoms with Crippen molar-refractivity contribution < 1.29 is 18.0 Å². The molecule has 0 saturated carbocycles. The first-order valence-electron chi connectivity index (χ1n) is 12.1. The third kappa shape index (κ3) is 6.29. The summed E-state index contributed by atoms with van der Waals surface area (Å²) in [7, 11) is -3.71. The van der Waals surface area contributed by atoms with Crippen LogP contribution in [0.4, 0.5) is 0 Å². The number of benzene rings is 2. The monoisotopic (exact) mass is 496 g/mol. The van der Waals surface area contributed by atoms with Gasteiger partial charge in [-0.25, -0.2) is 8.42 Å².